The number of alkyl halides is 3. The molecule has 0 saturated heterocycles. The molecule has 0 aliphatic rings. The number of anilines is 1. The van der Waals surface area contributed by atoms with E-state index in [4.69, 9.17) is 0 Å². The first-order chi connectivity index (χ1) is 11.1. The summed E-state index contributed by atoms with van der Waals surface area (Å²) in [6.45, 7) is 0. The fourth-order valence-electron chi connectivity index (χ4n) is 1.72. The third-order valence-corrected chi connectivity index (χ3v) is 4.10. The molecule has 2 rings (SSSR count). The van der Waals surface area contributed by atoms with Crippen LogP contribution in [0.25, 0.3) is 0 Å². The SMILES string of the molecule is O=[N+]([O-])c1cccc(S(=O)(=O)NNc2cccc(C(F)(F)F)c2)c1. The molecule has 0 radical (unpaired) electrons. The van der Waals surface area contributed by atoms with E-state index in [2.05, 4.69) is 5.43 Å². The molecule has 0 aliphatic carbocycles. The molecule has 24 heavy (non-hydrogen) atoms. The molecule has 0 saturated carbocycles. The zero-order valence-corrected chi connectivity index (χ0v) is 12.6. The molecule has 0 fully saturated rings. The number of rotatable bonds is 5. The van der Waals surface area contributed by atoms with Crippen LogP contribution in [0.4, 0.5) is 24.5 Å². The summed E-state index contributed by atoms with van der Waals surface area (Å²) in [6.07, 6.45) is -4.57. The van der Waals surface area contributed by atoms with E-state index in [1.165, 1.54) is 12.1 Å². The molecule has 0 bridgehead atoms. The van der Waals surface area contributed by atoms with Gasteiger partial charge in [0, 0.05) is 12.1 Å². The number of sulfonamides is 1. The summed E-state index contributed by atoms with van der Waals surface area (Å²) in [5.41, 5.74) is 0.607. The molecule has 2 aromatic carbocycles. The van der Waals surface area contributed by atoms with E-state index in [-0.39, 0.29) is 5.69 Å². The number of hydrazine groups is 1. The van der Waals surface area contributed by atoms with Gasteiger partial charge in [-0.05, 0) is 24.3 Å². The van der Waals surface area contributed by atoms with E-state index in [0.29, 0.717) is 0 Å². The maximum absolute atomic E-state index is 12.6. The smallest absolute Gasteiger partial charge is 0.308 e. The Hall–Kier alpha value is -2.66. The molecule has 2 aromatic rings. The molecule has 0 aromatic heterocycles. The molecule has 2 N–H and O–H groups in total. The van der Waals surface area contributed by atoms with Crippen LogP contribution in [0.5, 0.6) is 0 Å². The average Bonchev–Trinajstić information content (AvgIpc) is 2.52. The summed E-state index contributed by atoms with van der Waals surface area (Å²) < 4.78 is 61.9. The van der Waals surface area contributed by atoms with Gasteiger partial charge in [0.05, 0.1) is 21.1 Å². The zero-order valence-electron chi connectivity index (χ0n) is 11.7. The number of nitrogens with zero attached hydrogens (tertiary/aromatic N) is 1. The van der Waals surface area contributed by atoms with E-state index < -0.39 is 37.3 Å². The molecule has 0 spiro atoms. The van der Waals surface area contributed by atoms with Crippen molar-refractivity contribution in [2.75, 3.05) is 5.43 Å². The van der Waals surface area contributed by atoms with Gasteiger partial charge in [0.1, 0.15) is 0 Å². The van der Waals surface area contributed by atoms with Gasteiger partial charge < -0.3 is 5.43 Å². The summed E-state index contributed by atoms with van der Waals surface area (Å²) in [7, 11) is -4.21. The van der Waals surface area contributed by atoms with Gasteiger partial charge in [-0.15, -0.1) is 4.83 Å². The lowest BCUT2D eigenvalue weighted by atomic mass is 10.2. The van der Waals surface area contributed by atoms with Crippen LogP contribution in [0.2, 0.25) is 0 Å². The molecule has 7 nitrogen and oxygen atoms in total. The average molecular weight is 361 g/mol. The molecule has 0 heterocycles. The number of non-ortho nitro benzene ring substituents is 1. The van der Waals surface area contributed by atoms with Crippen molar-refractivity contribution in [2.24, 2.45) is 0 Å². The van der Waals surface area contributed by atoms with Crippen molar-refractivity contribution >= 4 is 21.4 Å². The van der Waals surface area contributed by atoms with Crippen LogP contribution in [0.3, 0.4) is 0 Å². The molecular weight excluding hydrogens is 351 g/mol. The minimum absolute atomic E-state index is 0.140. The minimum atomic E-state index is -4.57. The minimum Gasteiger partial charge on any atom is -0.308 e. The van der Waals surface area contributed by atoms with E-state index in [1.807, 2.05) is 4.83 Å². The van der Waals surface area contributed by atoms with Crippen molar-refractivity contribution in [2.45, 2.75) is 11.1 Å². The van der Waals surface area contributed by atoms with Crippen molar-refractivity contribution in [3.8, 4) is 0 Å². The Bertz CT molecular complexity index is 869. The predicted molar refractivity (Wildman–Crippen MR) is 78.5 cm³/mol. The first-order valence-corrected chi connectivity index (χ1v) is 7.77. The third kappa shape index (κ3) is 4.20. The van der Waals surface area contributed by atoms with E-state index in [0.717, 1.165) is 36.4 Å². The maximum Gasteiger partial charge on any atom is 0.416 e. The lowest BCUT2D eigenvalue weighted by Crippen LogP contribution is -2.29. The van der Waals surface area contributed by atoms with Gasteiger partial charge in [0.2, 0.25) is 0 Å². The normalized spacial score (nSPS) is 12.0. The largest absolute Gasteiger partial charge is 0.416 e. The molecule has 11 heteroatoms. The second-order valence-corrected chi connectivity index (χ2v) is 6.25. The van der Waals surface area contributed by atoms with Gasteiger partial charge in [-0.3, -0.25) is 10.1 Å². The Kier molecular flexibility index (Phi) is 4.76. The van der Waals surface area contributed by atoms with Crippen LogP contribution >= 0.6 is 0 Å². The number of nitrogens with one attached hydrogen (secondary N) is 2. The molecule has 0 unspecified atom stereocenters. The Labute approximate surface area is 134 Å². The van der Waals surface area contributed by atoms with Gasteiger partial charge in [0.25, 0.3) is 15.7 Å². The highest BCUT2D eigenvalue weighted by Gasteiger charge is 2.30. The highest BCUT2D eigenvalue weighted by atomic mass is 32.2. The van der Waals surface area contributed by atoms with Crippen LogP contribution in [-0.4, -0.2) is 13.3 Å². The number of hydrogen-bond donors (Lipinski definition) is 2. The summed E-state index contributed by atoms with van der Waals surface area (Å²) >= 11 is 0. The first-order valence-electron chi connectivity index (χ1n) is 6.29. The van der Waals surface area contributed by atoms with Crippen molar-refractivity contribution in [3.63, 3.8) is 0 Å². The Balaban J connectivity index is 2.19. The third-order valence-electron chi connectivity index (χ3n) is 2.86. The Morgan fingerprint density at radius 1 is 1.04 bits per heavy atom. The van der Waals surface area contributed by atoms with Gasteiger partial charge in [-0.1, -0.05) is 12.1 Å². The summed E-state index contributed by atoms with van der Waals surface area (Å²) in [5, 5.41) is 10.7. The number of halogens is 3. The lowest BCUT2D eigenvalue weighted by Gasteiger charge is -2.12. The summed E-state index contributed by atoms with van der Waals surface area (Å²) in [4.78, 5) is 11.4. The van der Waals surface area contributed by atoms with Crippen molar-refractivity contribution in [1.29, 1.82) is 0 Å². The maximum atomic E-state index is 12.6. The van der Waals surface area contributed by atoms with Gasteiger partial charge in [0.15, 0.2) is 0 Å². The quantitative estimate of drug-likeness (QED) is 0.630. The van der Waals surface area contributed by atoms with Crippen LogP contribution in [-0.2, 0) is 16.2 Å². The molecular formula is C13H10F3N3O4S. The van der Waals surface area contributed by atoms with E-state index in [9.17, 15) is 31.7 Å². The van der Waals surface area contributed by atoms with Gasteiger partial charge >= 0.3 is 6.18 Å². The highest BCUT2D eigenvalue weighted by molar-refractivity contribution is 7.89. The molecule has 0 atom stereocenters. The number of benzene rings is 2. The predicted octanol–water partition coefficient (Wildman–Crippen LogP) is 2.92. The van der Waals surface area contributed by atoms with Crippen molar-refractivity contribution < 1.29 is 26.5 Å². The van der Waals surface area contributed by atoms with Crippen molar-refractivity contribution in [1.82, 2.24) is 4.83 Å². The summed E-state index contributed by atoms with van der Waals surface area (Å²) in [5.74, 6) is 0. The van der Waals surface area contributed by atoms with Crippen LogP contribution < -0.4 is 10.3 Å². The first kappa shape index (κ1) is 17.7. The molecule has 128 valence electrons. The fraction of sp³-hybridized carbons (Fsp3) is 0.0769. The Morgan fingerprint density at radius 2 is 1.71 bits per heavy atom. The molecule has 0 amide bonds. The lowest BCUT2D eigenvalue weighted by molar-refractivity contribution is -0.385. The van der Waals surface area contributed by atoms with Crippen LogP contribution in [0.1, 0.15) is 5.56 Å². The monoisotopic (exact) mass is 361 g/mol. The van der Waals surface area contributed by atoms with Gasteiger partial charge in [-0.25, -0.2) is 8.42 Å². The van der Waals surface area contributed by atoms with E-state index in [1.54, 1.807) is 0 Å². The van der Waals surface area contributed by atoms with Gasteiger partial charge in [-0.2, -0.15) is 13.2 Å². The number of nitro groups is 1. The summed E-state index contributed by atoms with van der Waals surface area (Å²) in [6, 6.07) is 8.11. The fourth-order valence-corrected chi connectivity index (χ4v) is 2.63. The highest BCUT2D eigenvalue weighted by Crippen LogP contribution is 2.30. The molecule has 0 aliphatic heterocycles. The number of nitro benzene ring substituents is 1. The second-order valence-electron chi connectivity index (χ2n) is 4.56. The topological polar surface area (TPSA) is 101 Å². The zero-order chi connectivity index (χ0) is 18.0. The standard InChI is InChI=1S/C13H10F3N3O4S/c14-13(15,16)9-3-1-4-10(7-9)17-18-24(22,23)12-6-2-5-11(8-12)19(20)21/h1-8,17-18H. The van der Waals surface area contributed by atoms with Crippen LogP contribution in [0, 0.1) is 10.1 Å². The van der Waals surface area contributed by atoms with E-state index >= 15 is 0 Å². The van der Waals surface area contributed by atoms with Crippen molar-refractivity contribution in [3.05, 3.63) is 64.2 Å². The Morgan fingerprint density at radius 3 is 2.33 bits per heavy atom. The second kappa shape index (κ2) is 6.45. The number of hydrogen-bond acceptors (Lipinski definition) is 5. The van der Waals surface area contributed by atoms with Crippen LogP contribution in [0.15, 0.2) is 53.4 Å².